The van der Waals surface area contributed by atoms with Gasteiger partial charge < -0.3 is 9.32 Å². The number of fused-ring (bicyclic) bond motifs is 1. The highest BCUT2D eigenvalue weighted by Crippen LogP contribution is 2.20. The average molecular weight is 262 g/mol. The molecule has 100 valence electrons. The van der Waals surface area contributed by atoms with Crippen molar-refractivity contribution in [3.05, 3.63) is 28.7 Å². The van der Waals surface area contributed by atoms with Gasteiger partial charge in [0.15, 0.2) is 5.58 Å². The van der Waals surface area contributed by atoms with Crippen molar-refractivity contribution in [3.63, 3.8) is 0 Å². The maximum absolute atomic E-state index is 11.8. The van der Waals surface area contributed by atoms with E-state index in [9.17, 15) is 14.4 Å². The molecule has 0 aliphatic rings. The van der Waals surface area contributed by atoms with E-state index in [0.29, 0.717) is 16.8 Å². The number of Topliss-reactive ketones (excluding diaryl/α,β-unsaturated/α-hetero) is 1. The van der Waals surface area contributed by atoms with E-state index < -0.39 is 5.76 Å². The lowest BCUT2D eigenvalue weighted by atomic mass is 10.2. The molecule has 0 aliphatic heterocycles. The van der Waals surface area contributed by atoms with Gasteiger partial charge in [-0.25, -0.2) is 4.79 Å². The fraction of sp³-hybridized carbons (Fsp3) is 0.308. The van der Waals surface area contributed by atoms with Crippen LogP contribution in [-0.2, 0) is 16.6 Å². The largest absolute Gasteiger partial charge is 0.419 e. The minimum atomic E-state index is -0.454. The lowest BCUT2D eigenvalue weighted by Gasteiger charge is -2.16. The predicted octanol–water partition coefficient (Wildman–Crippen LogP) is 1.07. The molecule has 1 amide bonds. The number of aryl methyl sites for hydroxylation is 1. The standard InChI is InChI=1S/C13H14N2O4/c1-8(16)6-12(17)14(2)9-4-5-11-10(7-9)15(3)13(18)19-11/h4-5,7H,6H2,1-3H3. The van der Waals surface area contributed by atoms with Crippen molar-refractivity contribution < 1.29 is 14.0 Å². The zero-order valence-electron chi connectivity index (χ0n) is 11.0. The van der Waals surface area contributed by atoms with E-state index in [1.807, 2.05) is 0 Å². The van der Waals surface area contributed by atoms with Crippen molar-refractivity contribution in [1.82, 2.24) is 4.57 Å². The number of carbonyl (C=O) groups excluding carboxylic acids is 2. The number of hydrogen-bond donors (Lipinski definition) is 0. The molecule has 6 heteroatoms. The molecule has 6 nitrogen and oxygen atoms in total. The van der Waals surface area contributed by atoms with Crippen LogP contribution in [0.25, 0.3) is 11.1 Å². The van der Waals surface area contributed by atoms with Crippen LogP contribution in [0.4, 0.5) is 5.69 Å². The molecule has 0 fully saturated rings. The molecule has 0 saturated heterocycles. The monoisotopic (exact) mass is 262 g/mol. The molecule has 0 spiro atoms. The van der Waals surface area contributed by atoms with Crippen molar-refractivity contribution in [2.75, 3.05) is 11.9 Å². The highest BCUT2D eigenvalue weighted by Gasteiger charge is 2.15. The third-order valence-corrected chi connectivity index (χ3v) is 2.94. The average Bonchev–Trinajstić information content (AvgIpc) is 2.63. The van der Waals surface area contributed by atoms with Gasteiger partial charge in [-0.1, -0.05) is 0 Å². The number of nitrogens with zero attached hydrogens (tertiary/aromatic N) is 2. The molecule has 2 aromatic rings. The van der Waals surface area contributed by atoms with Gasteiger partial charge in [0.05, 0.1) is 11.9 Å². The minimum absolute atomic E-state index is 0.140. The molecule has 1 aromatic carbocycles. The summed E-state index contributed by atoms with van der Waals surface area (Å²) < 4.78 is 6.37. The molecular weight excluding hydrogens is 248 g/mol. The van der Waals surface area contributed by atoms with Crippen LogP contribution in [0, 0.1) is 0 Å². The summed E-state index contributed by atoms with van der Waals surface area (Å²) >= 11 is 0. The zero-order chi connectivity index (χ0) is 14.2. The van der Waals surface area contributed by atoms with Crippen molar-refractivity contribution in [1.29, 1.82) is 0 Å². The van der Waals surface area contributed by atoms with Crippen LogP contribution < -0.4 is 10.7 Å². The minimum Gasteiger partial charge on any atom is -0.408 e. The molecule has 0 aliphatic carbocycles. The third kappa shape index (κ3) is 2.42. The van der Waals surface area contributed by atoms with Gasteiger partial charge in [-0.05, 0) is 25.1 Å². The Morgan fingerprint density at radius 2 is 2.05 bits per heavy atom. The number of rotatable bonds is 3. The highest BCUT2D eigenvalue weighted by molar-refractivity contribution is 6.05. The number of oxazole rings is 1. The lowest BCUT2D eigenvalue weighted by Crippen LogP contribution is -2.27. The van der Waals surface area contributed by atoms with E-state index in [1.54, 1.807) is 32.3 Å². The number of anilines is 1. The van der Waals surface area contributed by atoms with Crippen LogP contribution in [0.2, 0.25) is 0 Å². The number of benzene rings is 1. The first kappa shape index (κ1) is 13.1. The summed E-state index contributed by atoms with van der Waals surface area (Å²) in [6.45, 7) is 1.37. The molecule has 19 heavy (non-hydrogen) atoms. The zero-order valence-corrected chi connectivity index (χ0v) is 11.0. The summed E-state index contributed by atoms with van der Waals surface area (Å²) in [6, 6.07) is 4.98. The maximum Gasteiger partial charge on any atom is 0.419 e. The fourth-order valence-corrected chi connectivity index (χ4v) is 1.80. The molecule has 0 radical (unpaired) electrons. The quantitative estimate of drug-likeness (QED) is 0.776. The summed E-state index contributed by atoms with van der Waals surface area (Å²) in [5, 5.41) is 0. The van der Waals surface area contributed by atoms with Gasteiger partial charge in [0.25, 0.3) is 0 Å². The van der Waals surface area contributed by atoms with Crippen molar-refractivity contribution >= 4 is 28.5 Å². The Bertz CT molecular complexity index is 711. The Morgan fingerprint density at radius 3 is 2.68 bits per heavy atom. The predicted molar refractivity (Wildman–Crippen MR) is 70.2 cm³/mol. The van der Waals surface area contributed by atoms with E-state index in [0.717, 1.165) is 0 Å². The van der Waals surface area contributed by atoms with Gasteiger partial charge in [-0.2, -0.15) is 0 Å². The Balaban J connectivity index is 2.40. The molecular formula is C13H14N2O4. The Labute approximate surface area is 109 Å². The van der Waals surface area contributed by atoms with Crippen LogP contribution in [0.5, 0.6) is 0 Å². The molecule has 0 bridgehead atoms. The first-order valence-corrected chi connectivity index (χ1v) is 5.75. The van der Waals surface area contributed by atoms with Crippen LogP contribution >= 0.6 is 0 Å². The number of carbonyl (C=O) groups is 2. The van der Waals surface area contributed by atoms with E-state index in [1.165, 1.54) is 16.4 Å². The second kappa shape index (κ2) is 4.72. The Hall–Kier alpha value is -2.37. The smallest absolute Gasteiger partial charge is 0.408 e. The summed E-state index contributed by atoms with van der Waals surface area (Å²) in [6.07, 6.45) is -0.140. The SMILES string of the molecule is CC(=O)CC(=O)N(C)c1ccc2oc(=O)n(C)c2c1. The number of ketones is 1. The van der Waals surface area contributed by atoms with E-state index in [-0.39, 0.29) is 18.1 Å². The summed E-state index contributed by atoms with van der Waals surface area (Å²) in [7, 11) is 3.18. The Morgan fingerprint density at radius 1 is 1.37 bits per heavy atom. The third-order valence-electron chi connectivity index (χ3n) is 2.94. The van der Waals surface area contributed by atoms with E-state index in [4.69, 9.17) is 4.42 Å². The van der Waals surface area contributed by atoms with Gasteiger partial charge >= 0.3 is 5.76 Å². The van der Waals surface area contributed by atoms with Crippen molar-refractivity contribution in [2.24, 2.45) is 7.05 Å². The van der Waals surface area contributed by atoms with E-state index >= 15 is 0 Å². The normalized spacial score (nSPS) is 10.7. The topological polar surface area (TPSA) is 72.5 Å². The van der Waals surface area contributed by atoms with Crippen LogP contribution in [0.1, 0.15) is 13.3 Å². The van der Waals surface area contributed by atoms with Crippen LogP contribution in [-0.4, -0.2) is 23.3 Å². The number of amides is 1. The summed E-state index contributed by atoms with van der Waals surface area (Å²) in [4.78, 5) is 35.5. The Kier molecular flexibility index (Phi) is 3.25. The summed E-state index contributed by atoms with van der Waals surface area (Å²) in [5.41, 5.74) is 1.67. The van der Waals surface area contributed by atoms with Crippen molar-refractivity contribution in [3.8, 4) is 0 Å². The molecule has 1 aromatic heterocycles. The molecule has 1 heterocycles. The number of hydrogen-bond acceptors (Lipinski definition) is 4. The first-order valence-electron chi connectivity index (χ1n) is 5.75. The van der Waals surface area contributed by atoms with Gasteiger partial charge in [0.2, 0.25) is 5.91 Å². The fourth-order valence-electron chi connectivity index (χ4n) is 1.80. The first-order chi connectivity index (χ1) is 8.90. The molecule has 2 rings (SSSR count). The van der Waals surface area contributed by atoms with Crippen molar-refractivity contribution in [2.45, 2.75) is 13.3 Å². The molecule has 0 N–H and O–H groups in total. The van der Waals surface area contributed by atoms with Gasteiger partial charge in [0.1, 0.15) is 5.78 Å². The summed E-state index contributed by atoms with van der Waals surface area (Å²) in [5.74, 6) is -0.932. The molecule has 0 atom stereocenters. The van der Waals surface area contributed by atoms with Crippen LogP contribution in [0.3, 0.4) is 0 Å². The second-order valence-corrected chi connectivity index (χ2v) is 4.41. The van der Waals surface area contributed by atoms with Gasteiger partial charge in [-0.15, -0.1) is 0 Å². The molecule has 0 unspecified atom stereocenters. The lowest BCUT2D eigenvalue weighted by molar-refractivity contribution is -0.125. The number of aromatic nitrogens is 1. The van der Waals surface area contributed by atoms with Gasteiger partial charge in [-0.3, -0.25) is 14.2 Å². The highest BCUT2D eigenvalue weighted by atomic mass is 16.4. The van der Waals surface area contributed by atoms with Crippen LogP contribution in [0.15, 0.2) is 27.4 Å². The molecule has 0 saturated carbocycles. The van der Waals surface area contributed by atoms with E-state index in [2.05, 4.69) is 0 Å². The maximum atomic E-state index is 11.8. The second-order valence-electron chi connectivity index (χ2n) is 4.41. The van der Waals surface area contributed by atoms with Gasteiger partial charge in [0, 0.05) is 19.8 Å².